The molecular weight excluding hydrogens is 308 g/mol. The Balaban J connectivity index is 2.43. The van der Waals surface area contributed by atoms with Crippen molar-refractivity contribution in [2.24, 2.45) is 4.99 Å². The Morgan fingerprint density at radius 2 is 2.09 bits per heavy atom. The first kappa shape index (κ1) is 15.8. The summed E-state index contributed by atoms with van der Waals surface area (Å²) in [5.41, 5.74) is -0.0595. The van der Waals surface area contributed by atoms with Gasteiger partial charge in [-0.05, 0) is 18.2 Å². The number of sulfone groups is 1. The number of nitro groups is 1. The zero-order valence-corrected chi connectivity index (χ0v) is 12.4. The largest absolute Gasteiger partial charge is 0.292 e. The fraction of sp³-hybridized carbons (Fsp3) is 0.143. The zero-order chi connectivity index (χ0) is 16.3. The molecule has 2 rings (SSSR count). The van der Waals surface area contributed by atoms with Crippen molar-refractivity contribution in [3.8, 4) is 0 Å². The van der Waals surface area contributed by atoms with Crippen LogP contribution >= 0.6 is 0 Å². The van der Waals surface area contributed by atoms with Gasteiger partial charge in [0.05, 0.1) is 15.4 Å². The molecule has 7 nitrogen and oxygen atoms in total. The van der Waals surface area contributed by atoms with Crippen molar-refractivity contribution in [2.45, 2.75) is 11.3 Å². The minimum absolute atomic E-state index is 0.126. The smallest absolute Gasteiger partial charge is 0.279 e. The standard InChI is InChI=1S/C14H12N2O5S/c1-22(20,21)11-7-6-10(13(8-11)16(18)19)9-15-12-4-2-3-5-14(12)17/h2-4,6-9H,5H2,1H3. The Morgan fingerprint density at radius 3 is 2.68 bits per heavy atom. The highest BCUT2D eigenvalue weighted by atomic mass is 32.2. The Bertz CT molecular complexity index is 835. The number of ketones is 1. The molecule has 1 aliphatic rings. The maximum absolute atomic E-state index is 11.6. The number of benzene rings is 1. The maximum atomic E-state index is 11.6. The third kappa shape index (κ3) is 3.53. The van der Waals surface area contributed by atoms with Crippen molar-refractivity contribution in [1.82, 2.24) is 0 Å². The molecule has 0 spiro atoms. The van der Waals surface area contributed by atoms with E-state index in [0.29, 0.717) is 0 Å². The van der Waals surface area contributed by atoms with Gasteiger partial charge in [-0.2, -0.15) is 0 Å². The lowest BCUT2D eigenvalue weighted by molar-refractivity contribution is -0.385. The molecule has 1 aromatic rings. The van der Waals surface area contributed by atoms with Gasteiger partial charge in [0, 0.05) is 25.0 Å². The quantitative estimate of drug-likeness (QED) is 0.478. The highest BCUT2D eigenvalue weighted by molar-refractivity contribution is 7.90. The molecule has 1 aliphatic carbocycles. The second-order valence-corrected chi connectivity index (χ2v) is 6.63. The van der Waals surface area contributed by atoms with Crippen molar-refractivity contribution in [1.29, 1.82) is 0 Å². The van der Waals surface area contributed by atoms with Crippen LogP contribution in [0, 0.1) is 10.1 Å². The highest BCUT2D eigenvalue weighted by Gasteiger charge is 2.18. The Labute approximate surface area is 126 Å². The number of nitro benzene ring substituents is 1. The van der Waals surface area contributed by atoms with E-state index in [1.165, 1.54) is 24.4 Å². The number of aliphatic imine (C=N–C) groups is 1. The molecule has 0 amide bonds. The third-order valence-corrected chi connectivity index (χ3v) is 4.06. The van der Waals surface area contributed by atoms with Gasteiger partial charge in [-0.15, -0.1) is 0 Å². The number of carbonyl (C=O) groups excluding carboxylic acids is 1. The summed E-state index contributed by atoms with van der Waals surface area (Å²) < 4.78 is 22.9. The Hall–Kier alpha value is -2.61. The molecule has 0 aromatic heterocycles. The topological polar surface area (TPSA) is 107 Å². The lowest BCUT2D eigenvalue weighted by Crippen LogP contribution is -2.03. The molecule has 0 radical (unpaired) electrons. The second kappa shape index (κ2) is 6.02. The molecule has 22 heavy (non-hydrogen) atoms. The molecule has 0 fully saturated rings. The molecule has 8 heteroatoms. The second-order valence-electron chi connectivity index (χ2n) is 4.62. The molecule has 0 atom stereocenters. The monoisotopic (exact) mass is 320 g/mol. The lowest BCUT2D eigenvalue weighted by Gasteiger charge is -2.03. The van der Waals surface area contributed by atoms with Crippen molar-refractivity contribution < 1.29 is 18.1 Å². The van der Waals surface area contributed by atoms with Gasteiger partial charge in [-0.3, -0.25) is 19.9 Å². The Morgan fingerprint density at radius 1 is 1.36 bits per heavy atom. The van der Waals surface area contributed by atoms with E-state index < -0.39 is 14.8 Å². The molecule has 0 N–H and O–H groups in total. The van der Waals surface area contributed by atoms with Crippen LogP contribution in [-0.2, 0) is 14.6 Å². The fourth-order valence-corrected chi connectivity index (χ4v) is 2.45. The van der Waals surface area contributed by atoms with E-state index in [1.807, 2.05) is 0 Å². The van der Waals surface area contributed by atoms with Crippen LogP contribution in [0.4, 0.5) is 5.69 Å². The van der Waals surface area contributed by atoms with E-state index in [9.17, 15) is 23.3 Å². The number of hydrogen-bond donors (Lipinski definition) is 0. The number of rotatable bonds is 4. The summed E-state index contributed by atoms with van der Waals surface area (Å²) in [5, 5.41) is 11.1. The summed E-state index contributed by atoms with van der Waals surface area (Å²) in [6.45, 7) is 0. The first-order valence-corrected chi connectivity index (χ1v) is 8.11. The van der Waals surface area contributed by atoms with Crippen LogP contribution < -0.4 is 0 Å². The predicted octanol–water partition coefficient (Wildman–Crippen LogP) is 1.83. The zero-order valence-electron chi connectivity index (χ0n) is 11.6. The van der Waals surface area contributed by atoms with Crippen LogP contribution in [0.15, 0.2) is 52.0 Å². The van der Waals surface area contributed by atoms with E-state index in [4.69, 9.17) is 0 Å². The molecule has 114 valence electrons. The molecule has 0 aliphatic heterocycles. The number of allylic oxidation sites excluding steroid dienone is 4. The van der Waals surface area contributed by atoms with Gasteiger partial charge in [0.15, 0.2) is 15.6 Å². The minimum atomic E-state index is -3.54. The molecule has 0 bridgehead atoms. The summed E-state index contributed by atoms with van der Waals surface area (Å²) in [6.07, 6.45) is 7.27. The van der Waals surface area contributed by atoms with Crippen molar-refractivity contribution in [3.63, 3.8) is 0 Å². The van der Waals surface area contributed by atoms with E-state index in [0.717, 1.165) is 12.3 Å². The highest BCUT2D eigenvalue weighted by Crippen LogP contribution is 2.22. The fourth-order valence-electron chi connectivity index (χ4n) is 1.81. The van der Waals surface area contributed by atoms with Crippen molar-refractivity contribution >= 4 is 27.5 Å². The SMILES string of the molecule is CS(=O)(=O)c1ccc(C=NC2=CC=CCC2=O)c([N+](=O)[O-])c1. The molecule has 0 saturated heterocycles. The van der Waals surface area contributed by atoms with Gasteiger partial charge in [-0.25, -0.2) is 8.42 Å². The van der Waals surface area contributed by atoms with Gasteiger partial charge in [0.2, 0.25) is 0 Å². The van der Waals surface area contributed by atoms with E-state index in [1.54, 1.807) is 12.2 Å². The predicted molar refractivity (Wildman–Crippen MR) is 80.6 cm³/mol. The first-order chi connectivity index (χ1) is 10.3. The number of nitrogens with zero attached hydrogens (tertiary/aromatic N) is 2. The van der Waals surface area contributed by atoms with Crippen molar-refractivity contribution in [3.05, 3.63) is 57.8 Å². The first-order valence-electron chi connectivity index (χ1n) is 6.21. The van der Waals surface area contributed by atoms with Gasteiger partial charge in [0.25, 0.3) is 5.69 Å². The van der Waals surface area contributed by atoms with Gasteiger partial charge in [-0.1, -0.05) is 12.2 Å². The van der Waals surface area contributed by atoms with E-state index in [-0.39, 0.29) is 34.0 Å². The molecular formula is C14H12N2O5S. The number of carbonyl (C=O) groups is 1. The number of Topliss-reactive ketones (excluding diaryl/α,β-unsaturated/α-hetero) is 1. The van der Waals surface area contributed by atoms with Gasteiger partial charge >= 0.3 is 0 Å². The van der Waals surface area contributed by atoms with Crippen LogP contribution in [0.25, 0.3) is 0 Å². The summed E-state index contributed by atoms with van der Waals surface area (Å²) in [6, 6.07) is 3.54. The Kier molecular flexibility index (Phi) is 4.32. The summed E-state index contributed by atoms with van der Waals surface area (Å²) in [7, 11) is -3.54. The molecule has 0 unspecified atom stereocenters. The van der Waals surface area contributed by atoms with Crippen LogP contribution in [-0.4, -0.2) is 31.6 Å². The van der Waals surface area contributed by atoms with Gasteiger partial charge < -0.3 is 0 Å². The van der Waals surface area contributed by atoms with E-state index in [2.05, 4.69) is 4.99 Å². The summed E-state index contributed by atoms with van der Waals surface area (Å²) in [4.78, 5) is 25.8. The molecule has 0 saturated carbocycles. The van der Waals surface area contributed by atoms with Crippen molar-refractivity contribution in [2.75, 3.05) is 6.26 Å². The molecule has 1 aromatic carbocycles. The van der Waals surface area contributed by atoms with Crippen LogP contribution in [0.5, 0.6) is 0 Å². The summed E-state index contributed by atoms with van der Waals surface area (Å²) >= 11 is 0. The maximum Gasteiger partial charge on any atom is 0.279 e. The third-order valence-electron chi connectivity index (χ3n) is 2.95. The van der Waals surface area contributed by atoms with E-state index >= 15 is 0 Å². The van der Waals surface area contributed by atoms with Crippen LogP contribution in [0.3, 0.4) is 0 Å². The average molecular weight is 320 g/mol. The average Bonchev–Trinajstić information content (AvgIpc) is 2.45. The molecule has 0 heterocycles. The van der Waals surface area contributed by atoms with Crippen LogP contribution in [0.1, 0.15) is 12.0 Å². The number of hydrogen-bond acceptors (Lipinski definition) is 6. The minimum Gasteiger partial charge on any atom is -0.292 e. The van der Waals surface area contributed by atoms with Crippen LogP contribution in [0.2, 0.25) is 0 Å². The summed E-state index contributed by atoms with van der Waals surface area (Å²) in [5.74, 6) is -0.186. The lowest BCUT2D eigenvalue weighted by atomic mass is 10.1. The van der Waals surface area contributed by atoms with Gasteiger partial charge in [0.1, 0.15) is 5.70 Å². The normalized spacial score (nSPS) is 15.1.